The van der Waals surface area contributed by atoms with E-state index < -0.39 is 24.3 Å². The van der Waals surface area contributed by atoms with Crippen molar-refractivity contribution in [1.29, 1.82) is 0 Å². The zero-order valence-corrected chi connectivity index (χ0v) is 11.6. The van der Waals surface area contributed by atoms with Gasteiger partial charge in [0.25, 0.3) is 0 Å². The molecule has 0 N–H and O–H groups in total. The molecule has 98 valence electrons. The molecule has 0 unspecified atom stereocenters. The number of hydrogen-bond donors (Lipinski definition) is 0. The van der Waals surface area contributed by atoms with E-state index in [1.54, 1.807) is 6.07 Å². The maximum atomic E-state index is 13.3. The predicted octanol–water partition coefficient (Wildman–Crippen LogP) is 2.08. The first-order chi connectivity index (χ1) is 8.27. The Morgan fingerprint density at radius 2 is 1.72 bits per heavy atom. The third kappa shape index (κ3) is 2.17. The van der Waals surface area contributed by atoms with Crippen molar-refractivity contribution in [3.63, 3.8) is 0 Å². The fourth-order valence-corrected chi connectivity index (χ4v) is 1.94. The van der Waals surface area contributed by atoms with Crippen LogP contribution in [0.2, 0.25) is 0 Å². The first kappa shape index (κ1) is 13.5. The third-order valence-corrected chi connectivity index (χ3v) is 3.84. The molecule has 0 saturated carbocycles. The van der Waals surface area contributed by atoms with Gasteiger partial charge >= 0.3 is 7.12 Å². The Balaban J connectivity index is 2.37. The van der Waals surface area contributed by atoms with Crippen molar-refractivity contribution in [3.8, 4) is 0 Å². The lowest BCUT2D eigenvalue weighted by molar-refractivity contribution is 0.00578. The van der Waals surface area contributed by atoms with Crippen LogP contribution in [0.1, 0.15) is 40.2 Å². The van der Waals surface area contributed by atoms with Crippen LogP contribution in [0.3, 0.4) is 0 Å². The second kappa shape index (κ2) is 4.32. The molecule has 0 atom stereocenters. The Bertz CT molecular complexity index is 446. The van der Waals surface area contributed by atoms with Crippen molar-refractivity contribution >= 4 is 12.7 Å². The Labute approximate surface area is 108 Å². The van der Waals surface area contributed by atoms with Gasteiger partial charge in [-0.1, -0.05) is 13.0 Å². The Morgan fingerprint density at radius 1 is 1.17 bits per heavy atom. The van der Waals surface area contributed by atoms with Gasteiger partial charge in [0, 0.05) is 0 Å². The highest BCUT2D eigenvalue weighted by Crippen LogP contribution is 2.36. The fourth-order valence-electron chi connectivity index (χ4n) is 1.94. The summed E-state index contributed by atoms with van der Waals surface area (Å²) in [5.41, 5.74) is 0.638. The smallest absolute Gasteiger partial charge is 0.398 e. The molecule has 18 heavy (non-hydrogen) atoms. The van der Waals surface area contributed by atoms with Crippen LogP contribution in [0.25, 0.3) is 0 Å². The molecular weight excluding hydrogens is 232 g/mol. The number of aryl methyl sites for hydroxylation is 1. The Kier molecular flexibility index (Phi) is 3.24. The molecule has 0 bridgehead atoms. The molecule has 0 amide bonds. The highest BCUT2D eigenvalue weighted by molar-refractivity contribution is 6.61. The summed E-state index contributed by atoms with van der Waals surface area (Å²) in [5, 5.41) is 0. The molecule has 1 saturated heterocycles. The van der Waals surface area contributed by atoms with Crippen LogP contribution in [-0.4, -0.2) is 23.3 Å². The largest absolute Gasteiger partial charge is 0.514 e. The molecule has 3 nitrogen and oxygen atoms in total. The van der Waals surface area contributed by atoms with Crippen molar-refractivity contribution in [3.05, 3.63) is 23.6 Å². The van der Waals surface area contributed by atoms with Crippen molar-refractivity contribution in [2.75, 3.05) is 0 Å². The SMILES string of the molecule is CCc1ccc(F)nc1B1OC(C)(C)C(C)(C)O1. The summed E-state index contributed by atoms with van der Waals surface area (Å²) >= 11 is 0. The number of halogens is 1. The summed E-state index contributed by atoms with van der Waals surface area (Å²) in [6.07, 6.45) is 0.771. The molecule has 0 aliphatic carbocycles. The van der Waals surface area contributed by atoms with Gasteiger partial charge in [0.1, 0.15) is 0 Å². The standard InChI is InChI=1S/C13H19BFNO2/c1-6-9-7-8-10(15)16-11(9)14-17-12(2,3)13(4,5)18-14/h7-8H,6H2,1-5H3. The molecule has 2 heterocycles. The lowest BCUT2D eigenvalue weighted by atomic mass is 9.80. The van der Waals surface area contributed by atoms with E-state index in [9.17, 15) is 4.39 Å². The van der Waals surface area contributed by atoms with Gasteiger partial charge in [0.05, 0.1) is 16.8 Å². The average Bonchev–Trinajstić information content (AvgIpc) is 2.48. The summed E-state index contributed by atoms with van der Waals surface area (Å²) in [6, 6.07) is 3.11. The van der Waals surface area contributed by atoms with Crippen molar-refractivity contribution < 1.29 is 13.7 Å². The molecule has 1 aromatic rings. The van der Waals surface area contributed by atoms with Crippen molar-refractivity contribution in [2.45, 2.75) is 52.2 Å². The van der Waals surface area contributed by atoms with Crippen LogP contribution in [0.4, 0.5) is 4.39 Å². The Hall–Kier alpha value is -0.935. The summed E-state index contributed by atoms with van der Waals surface area (Å²) in [5.74, 6) is -0.503. The number of hydrogen-bond acceptors (Lipinski definition) is 3. The van der Waals surface area contributed by atoms with Crippen LogP contribution in [0.15, 0.2) is 12.1 Å². The second-order valence-corrected chi connectivity index (χ2v) is 5.62. The van der Waals surface area contributed by atoms with Crippen molar-refractivity contribution in [1.82, 2.24) is 4.98 Å². The fraction of sp³-hybridized carbons (Fsp3) is 0.615. The molecule has 1 aliphatic rings. The quantitative estimate of drug-likeness (QED) is 0.595. The van der Waals surface area contributed by atoms with Gasteiger partial charge in [-0.15, -0.1) is 0 Å². The summed E-state index contributed by atoms with van der Waals surface area (Å²) in [7, 11) is -0.597. The molecule has 0 aromatic carbocycles. The maximum Gasteiger partial charge on any atom is 0.514 e. The normalized spacial score (nSPS) is 21.3. The maximum absolute atomic E-state index is 13.3. The van der Waals surface area contributed by atoms with E-state index in [1.165, 1.54) is 6.07 Å². The average molecular weight is 251 g/mol. The predicted molar refractivity (Wildman–Crippen MR) is 69.3 cm³/mol. The first-order valence-electron chi connectivity index (χ1n) is 6.28. The van der Waals surface area contributed by atoms with Crippen LogP contribution < -0.4 is 5.59 Å². The minimum absolute atomic E-state index is 0.434. The number of nitrogens with zero attached hydrogens (tertiary/aromatic N) is 1. The van der Waals surface area contributed by atoms with Gasteiger partial charge in [0.2, 0.25) is 5.95 Å². The molecule has 5 heteroatoms. The van der Waals surface area contributed by atoms with Gasteiger partial charge < -0.3 is 9.31 Å². The Morgan fingerprint density at radius 3 is 2.22 bits per heavy atom. The van der Waals surface area contributed by atoms with Gasteiger partial charge in [0.15, 0.2) is 0 Å². The zero-order chi connectivity index (χ0) is 13.6. The van der Waals surface area contributed by atoms with Crippen molar-refractivity contribution in [2.24, 2.45) is 0 Å². The molecule has 0 spiro atoms. The first-order valence-corrected chi connectivity index (χ1v) is 6.28. The van der Waals surface area contributed by atoms with E-state index in [2.05, 4.69) is 4.98 Å². The van der Waals surface area contributed by atoms with E-state index >= 15 is 0 Å². The summed E-state index contributed by atoms with van der Waals surface area (Å²) in [6.45, 7) is 9.88. The van der Waals surface area contributed by atoms with E-state index in [4.69, 9.17) is 9.31 Å². The van der Waals surface area contributed by atoms with Crippen LogP contribution in [0.5, 0.6) is 0 Å². The monoisotopic (exact) mass is 251 g/mol. The van der Waals surface area contributed by atoms with E-state index in [0.29, 0.717) is 5.59 Å². The molecule has 2 rings (SSSR count). The van der Waals surface area contributed by atoms with Gasteiger partial charge in [-0.25, -0.2) is 4.98 Å². The minimum Gasteiger partial charge on any atom is -0.398 e. The lowest BCUT2D eigenvalue weighted by Crippen LogP contribution is -2.41. The number of pyridine rings is 1. The minimum atomic E-state index is -0.597. The van der Waals surface area contributed by atoms with E-state index in [-0.39, 0.29) is 0 Å². The molecule has 0 radical (unpaired) electrons. The lowest BCUT2D eigenvalue weighted by Gasteiger charge is -2.32. The highest BCUT2D eigenvalue weighted by atomic mass is 19.1. The highest BCUT2D eigenvalue weighted by Gasteiger charge is 2.52. The number of aromatic nitrogens is 1. The zero-order valence-electron chi connectivity index (χ0n) is 11.6. The summed E-state index contributed by atoms with van der Waals surface area (Å²) in [4.78, 5) is 3.94. The molecule has 1 aliphatic heterocycles. The van der Waals surface area contributed by atoms with Gasteiger partial charge in [-0.2, -0.15) is 4.39 Å². The van der Waals surface area contributed by atoms with E-state index in [1.807, 2.05) is 34.6 Å². The van der Waals surface area contributed by atoms with Gasteiger partial charge in [-0.05, 0) is 45.7 Å². The third-order valence-electron chi connectivity index (χ3n) is 3.84. The van der Waals surface area contributed by atoms with Crippen LogP contribution >= 0.6 is 0 Å². The molecule has 1 fully saturated rings. The molecular formula is C13H19BFNO2. The topological polar surface area (TPSA) is 31.4 Å². The van der Waals surface area contributed by atoms with Gasteiger partial charge in [-0.3, -0.25) is 0 Å². The summed E-state index contributed by atoms with van der Waals surface area (Å²) < 4.78 is 25.1. The second-order valence-electron chi connectivity index (χ2n) is 5.62. The van der Waals surface area contributed by atoms with E-state index in [0.717, 1.165) is 12.0 Å². The number of rotatable bonds is 2. The van der Waals surface area contributed by atoms with Crippen LogP contribution in [-0.2, 0) is 15.7 Å². The van der Waals surface area contributed by atoms with Crippen LogP contribution in [0, 0.1) is 5.95 Å². The molecule has 1 aromatic heterocycles.